The van der Waals surface area contributed by atoms with Crippen molar-refractivity contribution < 1.29 is 19.1 Å². The summed E-state index contributed by atoms with van der Waals surface area (Å²) >= 11 is 0. The first-order chi connectivity index (χ1) is 17.4. The van der Waals surface area contributed by atoms with Gasteiger partial charge in [-0.1, -0.05) is 38.1 Å². The highest BCUT2D eigenvalue weighted by Crippen LogP contribution is 2.33. The van der Waals surface area contributed by atoms with Crippen molar-refractivity contribution in [2.45, 2.75) is 66.0 Å². The van der Waals surface area contributed by atoms with Gasteiger partial charge in [-0.05, 0) is 51.7 Å². The van der Waals surface area contributed by atoms with Crippen LogP contribution >= 0.6 is 0 Å². The van der Waals surface area contributed by atoms with Gasteiger partial charge in [0.25, 0.3) is 0 Å². The number of urea groups is 2. The Morgan fingerprint density at radius 3 is 2.22 bits per heavy atom. The summed E-state index contributed by atoms with van der Waals surface area (Å²) in [7, 11) is 0. The predicted molar refractivity (Wildman–Crippen MR) is 144 cm³/mol. The summed E-state index contributed by atoms with van der Waals surface area (Å²) in [6.45, 7) is 17.4. The highest BCUT2D eigenvalue weighted by atomic mass is 16.5. The number of amides is 4. The van der Waals surface area contributed by atoms with Crippen molar-refractivity contribution >= 4 is 18.0 Å². The second-order valence-electron chi connectivity index (χ2n) is 11.0. The lowest BCUT2D eigenvalue weighted by molar-refractivity contribution is -0.139. The van der Waals surface area contributed by atoms with Crippen molar-refractivity contribution in [3.63, 3.8) is 0 Å². The molecule has 2 aliphatic heterocycles. The van der Waals surface area contributed by atoms with Crippen LogP contribution in [-0.2, 0) is 9.53 Å². The number of likely N-dealkylation sites (N-methyl/N-ethyl adjacent to an activating group) is 1. The molecule has 4 amide bonds. The molecule has 1 fully saturated rings. The molecular formula is C28H43N5O4. The molecule has 3 rings (SSSR count). The maximum Gasteiger partial charge on any atom is 0.338 e. The summed E-state index contributed by atoms with van der Waals surface area (Å²) in [6, 6.07) is 7.15. The molecule has 2 heterocycles. The smallest absolute Gasteiger partial charge is 0.338 e. The Labute approximate surface area is 221 Å². The average Bonchev–Trinajstić information content (AvgIpc) is 2.83. The number of ether oxygens (including phenoxy) is 1. The topological polar surface area (TPSA) is 94.2 Å². The van der Waals surface area contributed by atoms with Crippen LogP contribution < -0.4 is 10.6 Å². The van der Waals surface area contributed by atoms with E-state index in [1.807, 2.05) is 56.9 Å². The molecular weight excluding hydrogens is 470 g/mol. The Bertz CT molecular complexity index is 1000. The van der Waals surface area contributed by atoms with Crippen LogP contribution in [0.2, 0.25) is 0 Å². The molecule has 0 bridgehead atoms. The summed E-state index contributed by atoms with van der Waals surface area (Å²) in [5, 5.41) is 6.05. The number of carbonyl (C=O) groups is 3. The van der Waals surface area contributed by atoms with Gasteiger partial charge in [0.05, 0.1) is 18.2 Å². The number of hydrogen-bond donors (Lipinski definition) is 2. The number of esters is 1. The van der Waals surface area contributed by atoms with E-state index >= 15 is 0 Å². The first kappa shape index (κ1) is 28.5. The van der Waals surface area contributed by atoms with Gasteiger partial charge in [0.1, 0.15) is 0 Å². The number of carbonyl (C=O) groups excluding carboxylic acids is 3. The molecule has 9 heteroatoms. The Kier molecular flexibility index (Phi) is 9.23. The lowest BCUT2D eigenvalue weighted by Gasteiger charge is -2.40. The molecule has 9 nitrogen and oxygen atoms in total. The van der Waals surface area contributed by atoms with Gasteiger partial charge in [-0.25, -0.2) is 14.4 Å². The van der Waals surface area contributed by atoms with Gasteiger partial charge in [0, 0.05) is 50.5 Å². The lowest BCUT2D eigenvalue weighted by Crippen LogP contribution is -2.56. The van der Waals surface area contributed by atoms with Gasteiger partial charge in [-0.15, -0.1) is 0 Å². The molecule has 37 heavy (non-hydrogen) atoms. The summed E-state index contributed by atoms with van der Waals surface area (Å²) < 4.78 is 5.48. The molecule has 0 saturated carbocycles. The zero-order chi connectivity index (χ0) is 27.3. The highest BCUT2D eigenvalue weighted by molar-refractivity contribution is 5.95. The Balaban J connectivity index is 1.90. The average molecular weight is 514 g/mol. The zero-order valence-electron chi connectivity index (χ0n) is 23.4. The minimum atomic E-state index is -0.593. The van der Waals surface area contributed by atoms with Gasteiger partial charge >= 0.3 is 18.0 Å². The number of hydrogen-bond acceptors (Lipinski definition) is 5. The van der Waals surface area contributed by atoms with Crippen molar-refractivity contribution in [2.24, 2.45) is 0 Å². The number of rotatable bonds is 7. The second kappa shape index (κ2) is 12.0. The maximum atomic E-state index is 13.3. The van der Waals surface area contributed by atoms with Gasteiger partial charge in [-0.2, -0.15) is 0 Å². The van der Waals surface area contributed by atoms with Crippen LogP contribution in [0.3, 0.4) is 0 Å². The summed E-state index contributed by atoms with van der Waals surface area (Å²) in [6.07, 6.45) is 0. The van der Waals surface area contributed by atoms with Crippen molar-refractivity contribution in [3.05, 3.63) is 46.7 Å². The third-order valence-corrected chi connectivity index (χ3v) is 6.70. The third-order valence-electron chi connectivity index (χ3n) is 6.70. The van der Waals surface area contributed by atoms with Crippen LogP contribution in [0, 0.1) is 0 Å². The number of benzene rings is 1. The fourth-order valence-electron chi connectivity index (χ4n) is 4.70. The number of piperazine rings is 1. The number of nitrogens with zero attached hydrogens (tertiary/aromatic N) is 3. The van der Waals surface area contributed by atoms with Crippen molar-refractivity contribution in [1.29, 1.82) is 0 Å². The Hall–Kier alpha value is -3.07. The second-order valence-corrected chi connectivity index (χ2v) is 11.0. The molecule has 1 aromatic carbocycles. The van der Waals surface area contributed by atoms with Gasteiger partial charge in [-0.3, -0.25) is 9.80 Å². The van der Waals surface area contributed by atoms with E-state index in [1.54, 1.807) is 11.8 Å². The van der Waals surface area contributed by atoms with Crippen LogP contribution in [0.25, 0.3) is 0 Å². The van der Waals surface area contributed by atoms with Crippen LogP contribution in [0.4, 0.5) is 9.59 Å². The molecule has 1 saturated heterocycles. The molecule has 0 spiro atoms. The monoisotopic (exact) mass is 513 g/mol. The SMILES string of the molecule is CCOC(=O)C1=C(CN2CCN(C(=O)NC(C)(C)C)CC2)N(CC)C(=O)N[C@@H]1c1ccc(C(C)C)cc1. The normalized spacial score (nSPS) is 19.2. The Morgan fingerprint density at radius 1 is 1.08 bits per heavy atom. The lowest BCUT2D eigenvalue weighted by atomic mass is 9.92. The molecule has 204 valence electrons. The third kappa shape index (κ3) is 7.03. The summed E-state index contributed by atoms with van der Waals surface area (Å²) in [5.41, 5.74) is 2.87. The van der Waals surface area contributed by atoms with Crippen LogP contribution in [0.1, 0.15) is 71.6 Å². The van der Waals surface area contributed by atoms with Crippen molar-refractivity contribution in [3.8, 4) is 0 Å². The molecule has 1 atom stereocenters. The van der Waals surface area contributed by atoms with E-state index in [4.69, 9.17) is 4.74 Å². The highest BCUT2D eigenvalue weighted by Gasteiger charge is 2.38. The minimum absolute atomic E-state index is 0.0734. The van der Waals surface area contributed by atoms with Gasteiger partial charge in [0.2, 0.25) is 0 Å². The summed E-state index contributed by atoms with van der Waals surface area (Å²) in [5.74, 6) is -0.0394. The van der Waals surface area contributed by atoms with Crippen LogP contribution in [0.15, 0.2) is 35.5 Å². The van der Waals surface area contributed by atoms with E-state index in [0.29, 0.717) is 56.5 Å². The first-order valence-electron chi connectivity index (χ1n) is 13.3. The fourth-order valence-corrected chi connectivity index (χ4v) is 4.70. The molecule has 0 aromatic heterocycles. The quantitative estimate of drug-likeness (QED) is 0.541. The number of nitrogens with one attached hydrogen (secondary N) is 2. The molecule has 1 aromatic rings. The molecule has 0 unspecified atom stereocenters. The predicted octanol–water partition coefficient (Wildman–Crippen LogP) is 3.84. The first-order valence-corrected chi connectivity index (χ1v) is 13.3. The van der Waals surface area contributed by atoms with E-state index in [0.717, 1.165) is 5.56 Å². The van der Waals surface area contributed by atoms with E-state index < -0.39 is 12.0 Å². The van der Waals surface area contributed by atoms with E-state index in [9.17, 15) is 14.4 Å². The molecule has 0 aliphatic carbocycles. The van der Waals surface area contributed by atoms with Gasteiger partial charge in [0.15, 0.2) is 0 Å². The molecule has 2 aliphatic rings. The zero-order valence-corrected chi connectivity index (χ0v) is 23.4. The van der Waals surface area contributed by atoms with Crippen molar-refractivity contribution in [1.82, 2.24) is 25.3 Å². The maximum absolute atomic E-state index is 13.3. The van der Waals surface area contributed by atoms with Gasteiger partial charge < -0.3 is 20.3 Å². The van der Waals surface area contributed by atoms with Crippen molar-refractivity contribution in [2.75, 3.05) is 45.9 Å². The Morgan fingerprint density at radius 2 is 1.70 bits per heavy atom. The standard InChI is InChI=1S/C28H43N5O4/c1-8-33-22(18-31-14-16-32(17-15-31)27(36)30-28(5,6)7)23(25(34)37-9-2)24(29-26(33)35)21-12-10-20(11-13-21)19(3)4/h10-13,19,24H,8-9,14-18H2,1-7H3,(H,29,35)(H,30,36)/t24-/m1/s1. The summed E-state index contributed by atoms with van der Waals surface area (Å²) in [4.78, 5) is 44.7. The van der Waals surface area contributed by atoms with E-state index in [-0.39, 0.29) is 24.2 Å². The van der Waals surface area contributed by atoms with E-state index in [1.165, 1.54) is 5.56 Å². The minimum Gasteiger partial charge on any atom is -0.463 e. The van der Waals surface area contributed by atoms with Crippen LogP contribution in [-0.4, -0.2) is 84.1 Å². The molecule has 0 radical (unpaired) electrons. The van der Waals surface area contributed by atoms with E-state index in [2.05, 4.69) is 29.4 Å². The largest absolute Gasteiger partial charge is 0.463 e. The molecule has 2 N–H and O–H groups in total. The van der Waals surface area contributed by atoms with Crippen LogP contribution in [0.5, 0.6) is 0 Å². The fraction of sp³-hybridized carbons (Fsp3) is 0.607.